The van der Waals surface area contributed by atoms with Crippen LogP contribution in [0.5, 0.6) is 0 Å². The van der Waals surface area contributed by atoms with Gasteiger partial charge in [-0.15, -0.1) is 0 Å². The van der Waals surface area contributed by atoms with E-state index in [4.69, 9.17) is 4.42 Å². The summed E-state index contributed by atoms with van der Waals surface area (Å²) in [4.78, 5) is 23.7. The van der Waals surface area contributed by atoms with Crippen molar-refractivity contribution in [3.8, 4) is 0 Å². The van der Waals surface area contributed by atoms with E-state index in [0.29, 0.717) is 0 Å². The molecule has 1 atom stereocenters. The van der Waals surface area contributed by atoms with Gasteiger partial charge in [0.2, 0.25) is 0 Å². The van der Waals surface area contributed by atoms with E-state index in [1.165, 1.54) is 24.5 Å². The molecule has 1 fully saturated rings. The summed E-state index contributed by atoms with van der Waals surface area (Å²) in [7, 11) is -3.80. The molecule has 1 aliphatic carbocycles. The number of rotatable bonds is 6. The van der Waals surface area contributed by atoms with E-state index in [1.54, 1.807) is 24.3 Å². The first kappa shape index (κ1) is 17.2. The molecule has 3 rings (SSSR count). The van der Waals surface area contributed by atoms with Gasteiger partial charge in [0, 0.05) is 12.6 Å². The Labute approximate surface area is 145 Å². The molecule has 0 radical (unpaired) electrons. The molecule has 2 aromatic rings. The number of nitrogens with one attached hydrogen (secondary N) is 2. The second-order valence-electron chi connectivity index (χ2n) is 5.82. The Morgan fingerprint density at radius 3 is 2.40 bits per heavy atom. The van der Waals surface area contributed by atoms with Crippen molar-refractivity contribution in [1.82, 2.24) is 10.6 Å². The molecule has 1 aromatic heterocycles. The average Bonchev–Trinajstić information content (AvgIpc) is 3.26. The van der Waals surface area contributed by atoms with Gasteiger partial charge in [-0.2, -0.15) is 0 Å². The number of amides is 2. The quantitative estimate of drug-likeness (QED) is 0.751. The fourth-order valence-corrected chi connectivity index (χ4v) is 3.96. The van der Waals surface area contributed by atoms with Crippen LogP contribution in [-0.2, 0) is 19.4 Å². The number of hydrogen-bond acceptors (Lipinski definition) is 5. The van der Waals surface area contributed by atoms with E-state index >= 15 is 0 Å². The van der Waals surface area contributed by atoms with Gasteiger partial charge < -0.3 is 15.1 Å². The molecule has 1 saturated carbocycles. The molecular weight excluding hydrogens is 344 g/mol. The van der Waals surface area contributed by atoms with Crippen molar-refractivity contribution in [2.24, 2.45) is 0 Å². The lowest BCUT2D eigenvalue weighted by Crippen LogP contribution is -2.43. The van der Waals surface area contributed by atoms with Gasteiger partial charge in [0.15, 0.2) is 9.84 Å². The normalized spacial score (nSPS) is 15.4. The summed E-state index contributed by atoms with van der Waals surface area (Å²) < 4.78 is 31.0. The summed E-state index contributed by atoms with van der Waals surface area (Å²) in [5, 5.41) is 3.83. The highest BCUT2D eigenvalue weighted by molar-refractivity contribution is 7.91. The number of furan rings is 1. The Balaban J connectivity index is 1.76. The first-order valence-corrected chi connectivity index (χ1v) is 9.44. The second kappa shape index (κ2) is 7.10. The van der Waals surface area contributed by atoms with E-state index in [9.17, 15) is 18.0 Å². The van der Waals surface area contributed by atoms with Crippen LogP contribution >= 0.6 is 0 Å². The standard InChI is InChI=1S/C17H18N2O5S/c20-16(17(21)19-12-8-9-12)18-11-15(14-7-4-10-24-14)25(22,23)13-5-2-1-3-6-13/h1-7,10,12,15H,8-9,11H2,(H,18,20)(H,19,21)/t15-/m0/s1. The van der Waals surface area contributed by atoms with Crippen molar-refractivity contribution in [3.05, 3.63) is 54.5 Å². The number of carbonyl (C=O) groups is 2. The van der Waals surface area contributed by atoms with Crippen LogP contribution < -0.4 is 10.6 Å². The molecule has 1 heterocycles. The van der Waals surface area contributed by atoms with Crippen LogP contribution in [0, 0.1) is 0 Å². The maximum absolute atomic E-state index is 12.9. The molecule has 7 nitrogen and oxygen atoms in total. The third kappa shape index (κ3) is 4.08. The van der Waals surface area contributed by atoms with Crippen LogP contribution in [0.25, 0.3) is 0 Å². The van der Waals surface area contributed by atoms with E-state index in [1.807, 2.05) is 0 Å². The van der Waals surface area contributed by atoms with E-state index in [2.05, 4.69) is 10.6 Å². The topological polar surface area (TPSA) is 105 Å². The van der Waals surface area contributed by atoms with Crippen molar-refractivity contribution < 1.29 is 22.4 Å². The van der Waals surface area contributed by atoms with Gasteiger partial charge in [-0.05, 0) is 37.1 Å². The summed E-state index contributed by atoms with van der Waals surface area (Å²) in [5.41, 5.74) is 0. The number of carbonyl (C=O) groups excluding carboxylic acids is 2. The average molecular weight is 362 g/mol. The summed E-state index contributed by atoms with van der Waals surface area (Å²) in [6, 6.07) is 11.1. The molecular formula is C17H18N2O5S. The molecule has 8 heteroatoms. The molecule has 0 unspecified atom stereocenters. The van der Waals surface area contributed by atoms with Crippen molar-refractivity contribution in [2.45, 2.75) is 29.0 Å². The SMILES string of the molecule is O=C(NC[C@@H](c1ccco1)S(=O)(=O)c1ccccc1)C(=O)NC1CC1. The summed E-state index contributed by atoms with van der Waals surface area (Å²) in [5.74, 6) is -1.41. The molecule has 2 N–H and O–H groups in total. The molecule has 0 bridgehead atoms. The molecule has 2 amide bonds. The van der Waals surface area contributed by atoms with Crippen LogP contribution in [0.1, 0.15) is 23.9 Å². The van der Waals surface area contributed by atoms with Crippen LogP contribution in [0.4, 0.5) is 0 Å². The third-order valence-electron chi connectivity index (χ3n) is 3.87. The molecule has 0 saturated heterocycles. The van der Waals surface area contributed by atoms with Gasteiger partial charge in [0.25, 0.3) is 0 Å². The van der Waals surface area contributed by atoms with Gasteiger partial charge >= 0.3 is 11.8 Å². The van der Waals surface area contributed by atoms with Gasteiger partial charge in [-0.1, -0.05) is 18.2 Å². The van der Waals surface area contributed by atoms with Gasteiger partial charge in [0.05, 0.1) is 11.2 Å². The van der Waals surface area contributed by atoms with Crippen molar-refractivity contribution >= 4 is 21.7 Å². The van der Waals surface area contributed by atoms with Gasteiger partial charge in [-0.25, -0.2) is 8.42 Å². The van der Waals surface area contributed by atoms with Crippen LogP contribution in [0.15, 0.2) is 58.0 Å². The minimum absolute atomic E-state index is 0.0483. The highest BCUT2D eigenvalue weighted by atomic mass is 32.2. The summed E-state index contributed by atoms with van der Waals surface area (Å²) in [6.45, 7) is -0.262. The van der Waals surface area contributed by atoms with Crippen LogP contribution in [-0.4, -0.2) is 32.8 Å². The molecule has 25 heavy (non-hydrogen) atoms. The zero-order valence-corrected chi connectivity index (χ0v) is 14.2. The van der Waals surface area contributed by atoms with Gasteiger partial charge in [-0.3, -0.25) is 9.59 Å². The fourth-order valence-electron chi connectivity index (χ4n) is 2.36. The largest absolute Gasteiger partial charge is 0.468 e. The Hall–Kier alpha value is -2.61. The highest BCUT2D eigenvalue weighted by Crippen LogP contribution is 2.28. The smallest absolute Gasteiger partial charge is 0.309 e. The van der Waals surface area contributed by atoms with E-state index in [-0.39, 0.29) is 23.2 Å². The van der Waals surface area contributed by atoms with E-state index < -0.39 is 26.9 Å². The lowest BCUT2D eigenvalue weighted by molar-refractivity contribution is -0.139. The van der Waals surface area contributed by atoms with Crippen LogP contribution in [0.3, 0.4) is 0 Å². The molecule has 1 aliphatic rings. The maximum Gasteiger partial charge on any atom is 0.309 e. The number of hydrogen-bond donors (Lipinski definition) is 2. The fraction of sp³-hybridized carbons (Fsp3) is 0.294. The molecule has 1 aromatic carbocycles. The Morgan fingerprint density at radius 2 is 1.80 bits per heavy atom. The minimum Gasteiger partial charge on any atom is -0.468 e. The molecule has 0 aliphatic heterocycles. The Bertz CT molecular complexity index is 842. The zero-order chi connectivity index (χ0) is 17.9. The molecule has 132 valence electrons. The lowest BCUT2D eigenvalue weighted by atomic mass is 10.3. The monoisotopic (exact) mass is 362 g/mol. The molecule has 0 spiro atoms. The first-order valence-electron chi connectivity index (χ1n) is 7.89. The second-order valence-corrected chi connectivity index (χ2v) is 7.95. The summed E-state index contributed by atoms with van der Waals surface area (Å²) in [6.07, 6.45) is 3.08. The third-order valence-corrected chi connectivity index (χ3v) is 5.95. The predicted molar refractivity (Wildman–Crippen MR) is 89.3 cm³/mol. The van der Waals surface area contributed by atoms with Crippen LogP contribution in [0.2, 0.25) is 0 Å². The Morgan fingerprint density at radius 1 is 1.08 bits per heavy atom. The minimum atomic E-state index is -3.80. The highest BCUT2D eigenvalue weighted by Gasteiger charge is 2.33. The van der Waals surface area contributed by atoms with Crippen molar-refractivity contribution in [2.75, 3.05) is 6.54 Å². The van der Waals surface area contributed by atoms with Crippen molar-refractivity contribution in [3.63, 3.8) is 0 Å². The maximum atomic E-state index is 12.9. The Kier molecular flexibility index (Phi) is 4.89. The first-order chi connectivity index (χ1) is 12.0. The van der Waals surface area contributed by atoms with Crippen molar-refractivity contribution in [1.29, 1.82) is 0 Å². The summed E-state index contributed by atoms with van der Waals surface area (Å²) >= 11 is 0. The van der Waals surface area contributed by atoms with E-state index in [0.717, 1.165) is 12.8 Å². The lowest BCUT2D eigenvalue weighted by Gasteiger charge is -2.16. The number of benzene rings is 1. The zero-order valence-electron chi connectivity index (χ0n) is 13.3. The number of sulfone groups is 1. The van der Waals surface area contributed by atoms with Gasteiger partial charge in [0.1, 0.15) is 11.0 Å². The predicted octanol–water partition coefficient (Wildman–Crippen LogP) is 1.19.